The van der Waals surface area contributed by atoms with Crippen LogP contribution in [-0.2, 0) is 14.8 Å². The highest BCUT2D eigenvalue weighted by molar-refractivity contribution is 7.89. The predicted octanol–water partition coefficient (Wildman–Crippen LogP) is 2.08. The largest absolute Gasteiger partial charge is 0.355 e. The summed E-state index contributed by atoms with van der Waals surface area (Å²) in [7, 11) is -2.20. The zero-order valence-corrected chi connectivity index (χ0v) is 16.7. The summed E-state index contributed by atoms with van der Waals surface area (Å²) in [5.41, 5.74) is 0. The van der Waals surface area contributed by atoms with Gasteiger partial charge in [0.1, 0.15) is 0 Å². The van der Waals surface area contributed by atoms with Gasteiger partial charge in [-0.15, -0.1) is 0 Å². The van der Waals surface area contributed by atoms with Crippen LogP contribution in [0.1, 0.15) is 39.0 Å². The maximum absolute atomic E-state index is 12.4. The summed E-state index contributed by atoms with van der Waals surface area (Å²) >= 11 is 0. The summed E-state index contributed by atoms with van der Waals surface area (Å²) in [5.74, 6) is -0.266. The molecule has 26 heavy (non-hydrogen) atoms. The van der Waals surface area contributed by atoms with Crippen LogP contribution in [0.3, 0.4) is 0 Å². The molecular weight excluding hydrogens is 350 g/mol. The Morgan fingerprint density at radius 3 is 2.69 bits per heavy atom. The zero-order valence-electron chi connectivity index (χ0n) is 15.9. The van der Waals surface area contributed by atoms with Crippen LogP contribution in [0.5, 0.6) is 0 Å². The van der Waals surface area contributed by atoms with Gasteiger partial charge >= 0.3 is 0 Å². The Bertz CT molecular complexity index is 664. The van der Waals surface area contributed by atoms with Crippen LogP contribution < -0.4 is 5.32 Å². The van der Waals surface area contributed by atoms with E-state index in [2.05, 4.69) is 17.1 Å². The van der Waals surface area contributed by atoms with E-state index < -0.39 is 10.0 Å². The highest BCUT2D eigenvalue weighted by Crippen LogP contribution is 2.19. The number of nitrogens with one attached hydrogen (secondary N) is 1. The molecule has 1 N–H and O–H groups in total. The van der Waals surface area contributed by atoms with Crippen LogP contribution in [0, 0.1) is 0 Å². The zero-order chi connectivity index (χ0) is 19.0. The van der Waals surface area contributed by atoms with Crippen molar-refractivity contribution in [2.45, 2.75) is 50.0 Å². The SMILES string of the molecule is CC[C@@H]1CCCCN1CCCNC(=O)CN(C)S(=O)(=O)c1ccccc1. The number of benzene rings is 1. The van der Waals surface area contributed by atoms with Gasteiger partial charge in [-0.05, 0) is 44.4 Å². The fraction of sp³-hybridized carbons (Fsp3) is 0.632. The molecule has 1 saturated heterocycles. The smallest absolute Gasteiger partial charge is 0.243 e. The molecule has 0 unspecified atom stereocenters. The monoisotopic (exact) mass is 381 g/mol. The average Bonchev–Trinajstić information content (AvgIpc) is 2.66. The molecule has 0 aliphatic carbocycles. The lowest BCUT2D eigenvalue weighted by molar-refractivity contribution is -0.121. The van der Waals surface area contributed by atoms with Crippen molar-refractivity contribution in [1.29, 1.82) is 0 Å². The highest BCUT2D eigenvalue weighted by Gasteiger charge is 2.23. The number of carbonyl (C=O) groups excluding carboxylic acids is 1. The van der Waals surface area contributed by atoms with Gasteiger partial charge in [0.15, 0.2) is 0 Å². The number of likely N-dealkylation sites (N-methyl/N-ethyl adjacent to an activating group) is 1. The molecule has 0 spiro atoms. The topological polar surface area (TPSA) is 69.7 Å². The van der Waals surface area contributed by atoms with Crippen molar-refractivity contribution >= 4 is 15.9 Å². The van der Waals surface area contributed by atoms with E-state index in [0.717, 1.165) is 23.8 Å². The first-order chi connectivity index (χ1) is 12.4. The summed E-state index contributed by atoms with van der Waals surface area (Å²) in [6, 6.07) is 8.84. The molecule has 1 aromatic carbocycles. The molecule has 1 aliphatic heterocycles. The minimum absolute atomic E-state index is 0.168. The molecule has 7 heteroatoms. The second kappa shape index (κ2) is 10.0. The summed E-state index contributed by atoms with van der Waals surface area (Å²) in [5, 5.41) is 2.84. The van der Waals surface area contributed by atoms with Gasteiger partial charge in [0.2, 0.25) is 15.9 Å². The second-order valence-electron chi connectivity index (χ2n) is 6.87. The number of carbonyl (C=O) groups is 1. The lowest BCUT2D eigenvalue weighted by Crippen LogP contribution is -2.42. The van der Waals surface area contributed by atoms with E-state index in [9.17, 15) is 13.2 Å². The van der Waals surface area contributed by atoms with Gasteiger partial charge in [-0.1, -0.05) is 31.5 Å². The van der Waals surface area contributed by atoms with E-state index in [1.165, 1.54) is 44.9 Å². The Kier molecular flexibility index (Phi) is 8.06. The molecule has 1 aliphatic rings. The number of hydrogen-bond acceptors (Lipinski definition) is 4. The summed E-state index contributed by atoms with van der Waals surface area (Å²) in [6.45, 7) is 4.76. The summed E-state index contributed by atoms with van der Waals surface area (Å²) < 4.78 is 25.9. The second-order valence-corrected chi connectivity index (χ2v) is 8.92. The molecule has 0 saturated carbocycles. The van der Waals surface area contributed by atoms with Crippen molar-refractivity contribution in [3.8, 4) is 0 Å². The minimum Gasteiger partial charge on any atom is -0.355 e. The molecule has 0 radical (unpaired) electrons. The van der Waals surface area contributed by atoms with Gasteiger partial charge in [-0.2, -0.15) is 4.31 Å². The first-order valence-electron chi connectivity index (χ1n) is 9.47. The number of nitrogens with zero attached hydrogens (tertiary/aromatic N) is 2. The number of hydrogen-bond donors (Lipinski definition) is 1. The Hall–Kier alpha value is -1.44. The van der Waals surface area contributed by atoms with Crippen LogP contribution in [-0.4, -0.2) is 62.8 Å². The maximum Gasteiger partial charge on any atom is 0.243 e. The van der Waals surface area contributed by atoms with Crippen molar-refractivity contribution in [2.75, 3.05) is 33.2 Å². The molecule has 1 aromatic rings. The van der Waals surface area contributed by atoms with Crippen molar-refractivity contribution in [2.24, 2.45) is 0 Å². The fourth-order valence-corrected chi connectivity index (χ4v) is 4.59. The summed E-state index contributed by atoms with van der Waals surface area (Å²) in [4.78, 5) is 14.8. The van der Waals surface area contributed by atoms with Gasteiger partial charge in [0.25, 0.3) is 0 Å². The Morgan fingerprint density at radius 2 is 2.00 bits per heavy atom. The molecule has 1 fully saturated rings. The normalized spacial score (nSPS) is 18.8. The van der Waals surface area contributed by atoms with Gasteiger partial charge in [-0.3, -0.25) is 4.79 Å². The molecular formula is C19H31N3O3S. The van der Waals surface area contributed by atoms with Crippen LogP contribution in [0.4, 0.5) is 0 Å². The number of rotatable bonds is 9. The minimum atomic E-state index is -3.63. The summed E-state index contributed by atoms with van der Waals surface area (Å²) in [6.07, 6.45) is 5.90. The molecule has 2 rings (SSSR count). The number of sulfonamides is 1. The van der Waals surface area contributed by atoms with Crippen LogP contribution in [0.2, 0.25) is 0 Å². The maximum atomic E-state index is 12.4. The number of piperidine rings is 1. The van der Waals surface area contributed by atoms with E-state index >= 15 is 0 Å². The average molecular weight is 382 g/mol. The predicted molar refractivity (Wildman–Crippen MR) is 103 cm³/mol. The molecule has 1 heterocycles. The van der Waals surface area contributed by atoms with Crippen molar-refractivity contribution < 1.29 is 13.2 Å². The first-order valence-corrected chi connectivity index (χ1v) is 10.9. The van der Waals surface area contributed by atoms with E-state index in [4.69, 9.17) is 0 Å². The first kappa shape index (κ1) is 20.9. The lowest BCUT2D eigenvalue weighted by Gasteiger charge is -2.35. The Labute approximate surface area is 157 Å². The Balaban J connectivity index is 1.73. The van der Waals surface area contributed by atoms with E-state index in [0.29, 0.717) is 12.6 Å². The van der Waals surface area contributed by atoms with Gasteiger partial charge in [0, 0.05) is 26.2 Å². The standard InChI is InChI=1S/C19H31N3O3S/c1-3-17-10-7-8-14-22(17)15-9-13-20-19(23)16-21(2)26(24,25)18-11-5-4-6-12-18/h4-6,11-12,17H,3,7-10,13-16H2,1-2H3,(H,20,23)/t17-/m1/s1. The number of amides is 1. The molecule has 6 nitrogen and oxygen atoms in total. The third kappa shape index (κ3) is 5.79. The van der Waals surface area contributed by atoms with E-state index in [-0.39, 0.29) is 17.3 Å². The van der Waals surface area contributed by atoms with Crippen molar-refractivity contribution in [3.05, 3.63) is 30.3 Å². The fourth-order valence-electron chi connectivity index (χ4n) is 3.44. The number of likely N-dealkylation sites (tertiary alicyclic amines) is 1. The van der Waals surface area contributed by atoms with Crippen molar-refractivity contribution in [1.82, 2.24) is 14.5 Å². The highest BCUT2D eigenvalue weighted by atomic mass is 32.2. The molecule has 0 aromatic heterocycles. The molecule has 0 bridgehead atoms. The van der Waals surface area contributed by atoms with Crippen LogP contribution in [0.25, 0.3) is 0 Å². The molecule has 1 atom stereocenters. The quantitative estimate of drug-likeness (QED) is 0.665. The van der Waals surface area contributed by atoms with E-state index in [1.807, 2.05) is 0 Å². The third-order valence-electron chi connectivity index (χ3n) is 4.98. The third-order valence-corrected chi connectivity index (χ3v) is 6.80. The van der Waals surface area contributed by atoms with Gasteiger partial charge in [0.05, 0.1) is 11.4 Å². The van der Waals surface area contributed by atoms with Crippen LogP contribution >= 0.6 is 0 Å². The van der Waals surface area contributed by atoms with Gasteiger partial charge in [-0.25, -0.2) is 8.42 Å². The van der Waals surface area contributed by atoms with Crippen molar-refractivity contribution in [3.63, 3.8) is 0 Å². The lowest BCUT2D eigenvalue weighted by atomic mass is 10.00. The van der Waals surface area contributed by atoms with Gasteiger partial charge < -0.3 is 10.2 Å². The molecule has 146 valence electrons. The Morgan fingerprint density at radius 1 is 1.27 bits per heavy atom. The van der Waals surface area contributed by atoms with E-state index in [1.54, 1.807) is 18.2 Å². The van der Waals surface area contributed by atoms with Crippen LogP contribution in [0.15, 0.2) is 35.2 Å². The molecule has 1 amide bonds.